The van der Waals surface area contributed by atoms with Crippen LogP contribution in [-0.2, 0) is 9.59 Å². The van der Waals surface area contributed by atoms with Crippen LogP contribution < -0.4 is 11.2 Å². The Balaban J connectivity index is 2.79. The molecule has 0 bridgehead atoms. The number of nitrogens with zero attached hydrogens (tertiary/aromatic N) is 1. The Hall–Kier alpha value is -2.17. The van der Waals surface area contributed by atoms with Crippen molar-refractivity contribution < 1.29 is 9.59 Å². The van der Waals surface area contributed by atoms with Gasteiger partial charge in [-0.25, -0.2) is 5.43 Å². The van der Waals surface area contributed by atoms with Gasteiger partial charge < -0.3 is 5.73 Å². The summed E-state index contributed by atoms with van der Waals surface area (Å²) in [5.74, 6) is -1.96. The van der Waals surface area contributed by atoms with Crippen LogP contribution in [0.15, 0.2) is 35.4 Å². The first-order valence-electron chi connectivity index (χ1n) is 4.87. The molecule has 5 heteroatoms. The third-order valence-electron chi connectivity index (χ3n) is 1.96. The maximum absolute atomic E-state index is 10.9. The molecule has 0 aromatic heterocycles. The summed E-state index contributed by atoms with van der Waals surface area (Å²) in [6.45, 7) is 1.91. The largest absolute Gasteiger partial charge is 0.361 e. The first-order chi connectivity index (χ1) is 7.65. The van der Waals surface area contributed by atoms with Gasteiger partial charge >= 0.3 is 11.8 Å². The summed E-state index contributed by atoms with van der Waals surface area (Å²) in [5.41, 5.74) is 8.48. The van der Waals surface area contributed by atoms with E-state index < -0.39 is 11.8 Å². The summed E-state index contributed by atoms with van der Waals surface area (Å²) in [6.07, 6.45) is 0.642. The molecule has 1 rings (SSSR count). The highest BCUT2D eigenvalue weighted by molar-refractivity contribution is 6.34. The van der Waals surface area contributed by atoms with E-state index in [0.29, 0.717) is 12.1 Å². The van der Waals surface area contributed by atoms with Crippen LogP contribution in [0, 0.1) is 0 Å². The van der Waals surface area contributed by atoms with E-state index in [1.54, 1.807) is 0 Å². The van der Waals surface area contributed by atoms with E-state index in [1.165, 1.54) is 0 Å². The number of primary amides is 1. The lowest BCUT2D eigenvalue weighted by molar-refractivity contribution is -0.137. The average Bonchev–Trinajstić information content (AvgIpc) is 2.30. The van der Waals surface area contributed by atoms with Crippen molar-refractivity contribution in [3.63, 3.8) is 0 Å². The Kier molecular flexibility index (Phi) is 4.20. The van der Waals surface area contributed by atoms with Crippen LogP contribution in [0.4, 0.5) is 0 Å². The molecule has 0 fully saturated rings. The Morgan fingerprint density at radius 2 is 1.94 bits per heavy atom. The fourth-order valence-corrected chi connectivity index (χ4v) is 1.15. The van der Waals surface area contributed by atoms with Crippen molar-refractivity contribution in [2.75, 3.05) is 0 Å². The molecule has 2 amide bonds. The second-order valence-corrected chi connectivity index (χ2v) is 3.08. The lowest BCUT2D eigenvalue weighted by Crippen LogP contribution is -2.33. The van der Waals surface area contributed by atoms with Crippen molar-refractivity contribution in [1.82, 2.24) is 5.43 Å². The van der Waals surface area contributed by atoms with Gasteiger partial charge in [0, 0.05) is 0 Å². The molecule has 0 heterocycles. The third kappa shape index (κ3) is 3.20. The molecule has 0 saturated carbocycles. The monoisotopic (exact) mass is 219 g/mol. The molecular formula is C11H13N3O2. The molecule has 1 aromatic carbocycles. The zero-order valence-electron chi connectivity index (χ0n) is 8.93. The molecule has 0 unspecified atom stereocenters. The molecule has 0 saturated heterocycles. The zero-order chi connectivity index (χ0) is 12.0. The average molecular weight is 219 g/mol. The van der Waals surface area contributed by atoms with Crippen molar-refractivity contribution >= 4 is 17.5 Å². The Labute approximate surface area is 93.3 Å². The van der Waals surface area contributed by atoms with Crippen molar-refractivity contribution in [3.8, 4) is 0 Å². The number of carbonyl (C=O) groups excluding carboxylic acids is 2. The van der Waals surface area contributed by atoms with Crippen molar-refractivity contribution in [2.45, 2.75) is 13.3 Å². The number of amides is 2. The van der Waals surface area contributed by atoms with Crippen LogP contribution in [0.25, 0.3) is 0 Å². The minimum Gasteiger partial charge on any atom is -0.361 e. The lowest BCUT2D eigenvalue weighted by atomic mass is 10.1. The molecule has 0 aliphatic rings. The second kappa shape index (κ2) is 5.65. The smallest absolute Gasteiger partial charge is 0.329 e. The fraction of sp³-hybridized carbons (Fsp3) is 0.182. The Morgan fingerprint density at radius 1 is 1.31 bits per heavy atom. The van der Waals surface area contributed by atoms with Crippen molar-refractivity contribution in [1.29, 1.82) is 0 Å². The number of hydrogen-bond donors (Lipinski definition) is 2. The molecule has 3 N–H and O–H groups in total. The van der Waals surface area contributed by atoms with Gasteiger partial charge in [-0.3, -0.25) is 9.59 Å². The number of benzene rings is 1. The van der Waals surface area contributed by atoms with Crippen LogP contribution in [0.2, 0.25) is 0 Å². The van der Waals surface area contributed by atoms with Crippen LogP contribution in [0.3, 0.4) is 0 Å². The summed E-state index contributed by atoms with van der Waals surface area (Å²) >= 11 is 0. The SMILES string of the molecule is CC/C(=N\NC(=O)C(N)=O)c1ccccc1. The van der Waals surface area contributed by atoms with Gasteiger partial charge in [-0.15, -0.1) is 0 Å². The summed E-state index contributed by atoms with van der Waals surface area (Å²) in [7, 11) is 0. The van der Waals surface area contributed by atoms with E-state index in [-0.39, 0.29) is 0 Å². The molecular weight excluding hydrogens is 206 g/mol. The van der Waals surface area contributed by atoms with E-state index in [4.69, 9.17) is 5.73 Å². The topological polar surface area (TPSA) is 84.6 Å². The number of hydrogen-bond acceptors (Lipinski definition) is 3. The fourth-order valence-electron chi connectivity index (χ4n) is 1.15. The van der Waals surface area contributed by atoms with Gasteiger partial charge in [0.1, 0.15) is 0 Å². The highest BCUT2D eigenvalue weighted by Gasteiger charge is 2.07. The summed E-state index contributed by atoms with van der Waals surface area (Å²) in [6, 6.07) is 9.38. The first-order valence-corrected chi connectivity index (χ1v) is 4.87. The lowest BCUT2D eigenvalue weighted by Gasteiger charge is -2.03. The minimum absolute atomic E-state index is 0.642. The predicted octanol–water partition coefficient (Wildman–Crippen LogP) is 0.402. The summed E-state index contributed by atoms with van der Waals surface area (Å²) < 4.78 is 0. The summed E-state index contributed by atoms with van der Waals surface area (Å²) in [5, 5.41) is 3.85. The Morgan fingerprint density at radius 3 is 2.44 bits per heavy atom. The van der Waals surface area contributed by atoms with Crippen LogP contribution in [-0.4, -0.2) is 17.5 Å². The van der Waals surface area contributed by atoms with Gasteiger partial charge in [0.15, 0.2) is 0 Å². The number of hydrazone groups is 1. The molecule has 16 heavy (non-hydrogen) atoms. The highest BCUT2D eigenvalue weighted by atomic mass is 16.2. The Bertz CT molecular complexity index is 412. The van der Waals surface area contributed by atoms with Gasteiger partial charge in [-0.2, -0.15) is 5.10 Å². The van der Waals surface area contributed by atoms with E-state index in [0.717, 1.165) is 5.56 Å². The van der Waals surface area contributed by atoms with Crippen LogP contribution >= 0.6 is 0 Å². The number of nitrogens with one attached hydrogen (secondary N) is 1. The van der Waals surface area contributed by atoms with Crippen LogP contribution in [0.5, 0.6) is 0 Å². The predicted molar refractivity (Wildman–Crippen MR) is 60.6 cm³/mol. The molecule has 0 spiro atoms. The van der Waals surface area contributed by atoms with Crippen LogP contribution in [0.1, 0.15) is 18.9 Å². The van der Waals surface area contributed by atoms with E-state index in [2.05, 4.69) is 10.5 Å². The minimum atomic E-state index is -1.05. The van der Waals surface area contributed by atoms with E-state index in [9.17, 15) is 9.59 Å². The van der Waals surface area contributed by atoms with Gasteiger partial charge in [-0.1, -0.05) is 37.3 Å². The van der Waals surface area contributed by atoms with Gasteiger partial charge in [0.2, 0.25) is 0 Å². The zero-order valence-corrected chi connectivity index (χ0v) is 8.93. The summed E-state index contributed by atoms with van der Waals surface area (Å²) in [4.78, 5) is 21.4. The normalized spacial score (nSPS) is 10.9. The molecule has 84 valence electrons. The standard InChI is InChI=1S/C11H13N3O2/c1-2-9(8-6-4-3-5-7-8)13-14-11(16)10(12)15/h3-7H,2H2,1H3,(H2,12,15)(H,14,16)/b13-9+. The van der Waals surface area contributed by atoms with Gasteiger partial charge in [-0.05, 0) is 12.0 Å². The quantitative estimate of drug-likeness (QED) is 0.438. The highest BCUT2D eigenvalue weighted by Crippen LogP contribution is 2.03. The maximum Gasteiger partial charge on any atom is 0.329 e. The maximum atomic E-state index is 10.9. The van der Waals surface area contributed by atoms with Gasteiger partial charge in [0.25, 0.3) is 0 Å². The van der Waals surface area contributed by atoms with E-state index >= 15 is 0 Å². The molecule has 5 nitrogen and oxygen atoms in total. The number of rotatable bonds is 3. The first kappa shape index (κ1) is 11.9. The molecule has 0 aliphatic heterocycles. The van der Waals surface area contributed by atoms with E-state index in [1.807, 2.05) is 37.3 Å². The molecule has 0 aliphatic carbocycles. The number of nitrogens with two attached hydrogens (primary N) is 1. The number of carbonyl (C=O) groups is 2. The molecule has 1 aromatic rings. The van der Waals surface area contributed by atoms with Crippen molar-refractivity contribution in [2.24, 2.45) is 10.8 Å². The molecule has 0 radical (unpaired) electrons. The van der Waals surface area contributed by atoms with Gasteiger partial charge in [0.05, 0.1) is 5.71 Å². The third-order valence-corrected chi connectivity index (χ3v) is 1.96. The molecule has 0 atom stereocenters. The van der Waals surface area contributed by atoms with Crippen molar-refractivity contribution in [3.05, 3.63) is 35.9 Å². The second-order valence-electron chi connectivity index (χ2n) is 3.08.